The number of carbonyl (C=O) groups excluding carboxylic acids is 1. The van der Waals surface area contributed by atoms with E-state index in [9.17, 15) is 4.79 Å². The molecule has 1 aliphatic rings. The number of carbonyl (C=O) groups is 1. The van der Waals surface area contributed by atoms with Gasteiger partial charge in [-0.25, -0.2) is 0 Å². The molecule has 0 saturated carbocycles. The van der Waals surface area contributed by atoms with Gasteiger partial charge in [0.15, 0.2) is 0 Å². The molecule has 1 aliphatic heterocycles. The summed E-state index contributed by atoms with van der Waals surface area (Å²) in [7, 11) is 4.14. The van der Waals surface area contributed by atoms with Gasteiger partial charge < -0.3 is 14.8 Å². The SMILES string of the molecule is CN(C)CC1CSCCCN1C(=O)c1cc2ccccc2[nH]1. The number of likely N-dealkylation sites (N-methyl/N-ethyl adjacent to an activating group) is 1. The van der Waals surface area contributed by atoms with Crippen molar-refractivity contribution >= 4 is 28.6 Å². The highest BCUT2D eigenvalue weighted by Crippen LogP contribution is 2.21. The first-order valence-corrected chi connectivity index (χ1v) is 8.92. The maximum atomic E-state index is 13.0. The molecule has 4 nitrogen and oxygen atoms in total. The molecular weight excluding hydrogens is 294 g/mol. The highest BCUT2D eigenvalue weighted by atomic mass is 32.2. The van der Waals surface area contributed by atoms with E-state index < -0.39 is 0 Å². The van der Waals surface area contributed by atoms with E-state index in [2.05, 4.69) is 28.9 Å². The summed E-state index contributed by atoms with van der Waals surface area (Å²) < 4.78 is 0. The van der Waals surface area contributed by atoms with Gasteiger partial charge in [-0.05, 0) is 38.4 Å². The van der Waals surface area contributed by atoms with Crippen molar-refractivity contribution < 1.29 is 4.79 Å². The van der Waals surface area contributed by atoms with E-state index in [1.807, 2.05) is 42.1 Å². The monoisotopic (exact) mass is 317 g/mol. The number of thioether (sulfide) groups is 1. The maximum Gasteiger partial charge on any atom is 0.270 e. The average Bonchev–Trinajstić information content (AvgIpc) is 2.80. The number of H-pyrrole nitrogens is 1. The molecule has 1 saturated heterocycles. The van der Waals surface area contributed by atoms with Crippen molar-refractivity contribution in [3.8, 4) is 0 Å². The molecule has 118 valence electrons. The molecule has 5 heteroatoms. The molecule has 22 heavy (non-hydrogen) atoms. The van der Waals surface area contributed by atoms with Crippen molar-refractivity contribution in [3.63, 3.8) is 0 Å². The first-order chi connectivity index (χ1) is 10.6. The van der Waals surface area contributed by atoms with Crippen LogP contribution < -0.4 is 0 Å². The van der Waals surface area contributed by atoms with Crippen LogP contribution in [0.5, 0.6) is 0 Å². The van der Waals surface area contributed by atoms with E-state index in [1.54, 1.807) is 0 Å². The van der Waals surface area contributed by atoms with Crippen LogP contribution in [0, 0.1) is 0 Å². The Bertz CT molecular complexity index is 619. The third-order valence-corrected chi connectivity index (χ3v) is 5.23. The van der Waals surface area contributed by atoms with Gasteiger partial charge in [0.25, 0.3) is 5.91 Å². The number of fused-ring (bicyclic) bond motifs is 1. The summed E-state index contributed by atoms with van der Waals surface area (Å²) in [5, 5.41) is 1.10. The van der Waals surface area contributed by atoms with Crippen LogP contribution in [-0.4, -0.2) is 65.4 Å². The number of nitrogens with zero attached hydrogens (tertiary/aromatic N) is 2. The molecule has 1 aromatic carbocycles. The van der Waals surface area contributed by atoms with E-state index in [0.717, 1.165) is 41.9 Å². The van der Waals surface area contributed by atoms with E-state index in [-0.39, 0.29) is 11.9 Å². The van der Waals surface area contributed by atoms with Crippen LogP contribution in [0.4, 0.5) is 0 Å². The standard InChI is InChI=1S/C17H23N3OS/c1-19(2)11-14-12-22-9-5-8-20(14)17(21)16-10-13-6-3-4-7-15(13)18-16/h3-4,6-7,10,14,18H,5,8-9,11-12H2,1-2H3. The first-order valence-electron chi connectivity index (χ1n) is 7.76. The summed E-state index contributed by atoms with van der Waals surface area (Å²) >= 11 is 1.96. The van der Waals surface area contributed by atoms with Gasteiger partial charge in [0.05, 0.1) is 6.04 Å². The van der Waals surface area contributed by atoms with Gasteiger partial charge in [-0.3, -0.25) is 4.79 Å². The summed E-state index contributed by atoms with van der Waals surface area (Å²) in [5.74, 6) is 2.29. The molecule has 2 heterocycles. The van der Waals surface area contributed by atoms with Crippen molar-refractivity contribution in [1.82, 2.24) is 14.8 Å². The average molecular weight is 317 g/mol. The number of rotatable bonds is 3. The highest BCUT2D eigenvalue weighted by Gasteiger charge is 2.27. The van der Waals surface area contributed by atoms with Gasteiger partial charge in [0.1, 0.15) is 5.69 Å². The van der Waals surface area contributed by atoms with E-state index in [0.29, 0.717) is 5.69 Å². The Morgan fingerprint density at radius 3 is 3.00 bits per heavy atom. The fraction of sp³-hybridized carbons (Fsp3) is 0.471. The molecule has 2 aromatic rings. The first kappa shape index (κ1) is 15.4. The lowest BCUT2D eigenvalue weighted by atomic mass is 10.2. The lowest BCUT2D eigenvalue weighted by Gasteiger charge is -2.31. The van der Waals surface area contributed by atoms with Crippen LogP contribution in [0.1, 0.15) is 16.9 Å². The molecule has 1 unspecified atom stereocenters. The fourth-order valence-electron chi connectivity index (χ4n) is 3.01. The summed E-state index contributed by atoms with van der Waals surface area (Å²) in [6, 6.07) is 10.3. The van der Waals surface area contributed by atoms with E-state index in [1.165, 1.54) is 0 Å². The third kappa shape index (κ3) is 3.31. The van der Waals surface area contributed by atoms with Gasteiger partial charge in [0, 0.05) is 29.7 Å². The second-order valence-electron chi connectivity index (χ2n) is 6.11. The van der Waals surface area contributed by atoms with E-state index in [4.69, 9.17) is 0 Å². The Labute approximate surface area is 135 Å². The topological polar surface area (TPSA) is 39.3 Å². The third-order valence-electron chi connectivity index (χ3n) is 4.04. The molecule has 0 radical (unpaired) electrons. The Balaban J connectivity index is 1.86. The highest BCUT2D eigenvalue weighted by molar-refractivity contribution is 7.99. The Kier molecular flexibility index (Phi) is 4.74. The number of amides is 1. The molecule has 0 spiro atoms. The molecule has 1 amide bonds. The lowest BCUT2D eigenvalue weighted by Crippen LogP contribution is -2.46. The largest absolute Gasteiger partial charge is 0.351 e. The zero-order valence-electron chi connectivity index (χ0n) is 13.2. The number of aromatic amines is 1. The number of benzene rings is 1. The van der Waals surface area contributed by atoms with Gasteiger partial charge in [0.2, 0.25) is 0 Å². The van der Waals surface area contributed by atoms with Gasteiger partial charge in [-0.1, -0.05) is 18.2 Å². The predicted molar refractivity (Wildman–Crippen MR) is 93.6 cm³/mol. The van der Waals surface area contributed by atoms with Gasteiger partial charge in [-0.15, -0.1) is 0 Å². The minimum absolute atomic E-state index is 0.130. The van der Waals surface area contributed by atoms with Crippen LogP contribution in [0.15, 0.2) is 30.3 Å². The Hall–Kier alpha value is -1.46. The number of nitrogens with one attached hydrogen (secondary N) is 1. The van der Waals surface area contributed by atoms with Crippen LogP contribution in [0.25, 0.3) is 10.9 Å². The van der Waals surface area contributed by atoms with Crippen molar-refractivity contribution in [2.75, 3.05) is 38.7 Å². The fourth-order valence-corrected chi connectivity index (χ4v) is 4.07. The number of para-hydroxylation sites is 1. The summed E-state index contributed by atoms with van der Waals surface area (Å²) in [5.41, 5.74) is 1.73. The number of hydrogen-bond acceptors (Lipinski definition) is 3. The molecule has 0 aliphatic carbocycles. The van der Waals surface area contributed by atoms with Crippen LogP contribution >= 0.6 is 11.8 Å². The molecule has 1 fully saturated rings. The smallest absolute Gasteiger partial charge is 0.270 e. The molecule has 1 atom stereocenters. The summed E-state index contributed by atoms with van der Waals surface area (Å²) in [6.45, 7) is 1.76. The zero-order valence-corrected chi connectivity index (χ0v) is 14.0. The number of hydrogen-bond donors (Lipinski definition) is 1. The molecular formula is C17H23N3OS. The van der Waals surface area contributed by atoms with Gasteiger partial charge in [-0.2, -0.15) is 11.8 Å². The molecule has 1 N–H and O–H groups in total. The quantitative estimate of drug-likeness (QED) is 0.946. The predicted octanol–water partition coefficient (Wildman–Crippen LogP) is 2.68. The molecule has 1 aromatic heterocycles. The van der Waals surface area contributed by atoms with Crippen molar-refractivity contribution in [3.05, 3.63) is 36.0 Å². The summed E-state index contributed by atoms with van der Waals surface area (Å²) in [6.07, 6.45) is 1.07. The van der Waals surface area contributed by atoms with Crippen molar-refractivity contribution in [2.45, 2.75) is 12.5 Å². The van der Waals surface area contributed by atoms with Crippen molar-refractivity contribution in [1.29, 1.82) is 0 Å². The van der Waals surface area contributed by atoms with Crippen molar-refractivity contribution in [2.24, 2.45) is 0 Å². The van der Waals surface area contributed by atoms with Crippen LogP contribution in [0.3, 0.4) is 0 Å². The maximum absolute atomic E-state index is 13.0. The van der Waals surface area contributed by atoms with Crippen LogP contribution in [-0.2, 0) is 0 Å². The second-order valence-corrected chi connectivity index (χ2v) is 7.26. The second kappa shape index (κ2) is 6.75. The minimum Gasteiger partial charge on any atom is -0.351 e. The Morgan fingerprint density at radius 1 is 1.41 bits per heavy atom. The van der Waals surface area contributed by atoms with E-state index >= 15 is 0 Å². The minimum atomic E-state index is 0.130. The summed E-state index contributed by atoms with van der Waals surface area (Å²) in [4.78, 5) is 20.5. The number of aromatic nitrogens is 1. The molecule has 3 rings (SSSR count). The Morgan fingerprint density at radius 2 is 2.23 bits per heavy atom. The normalized spacial score (nSPS) is 19.6. The lowest BCUT2D eigenvalue weighted by molar-refractivity contribution is 0.0670. The zero-order chi connectivity index (χ0) is 15.5. The molecule has 0 bridgehead atoms. The van der Waals surface area contributed by atoms with Gasteiger partial charge >= 0.3 is 0 Å². The van der Waals surface area contributed by atoms with Crippen LogP contribution in [0.2, 0.25) is 0 Å².